The average Bonchev–Trinajstić information content (AvgIpc) is 2.91. The van der Waals surface area contributed by atoms with Crippen molar-refractivity contribution in [2.75, 3.05) is 6.54 Å². The van der Waals surface area contributed by atoms with Gasteiger partial charge >= 0.3 is 0 Å². The second kappa shape index (κ2) is 5.43. The van der Waals surface area contributed by atoms with Crippen molar-refractivity contribution in [1.29, 1.82) is 0 Å². The Bertz CT molecular complexity index is 426. The second-order valence-electron chi connectivity index (χ2n) is 3.41. The van der Waals surface area contributed by atoms with Crippen LogP contribution in [-0.4, -0.2) is 22.0 Å². The molecule has 6 heteroatoms. The molecule has 0 aliphatic carbocycles. The van der Waals surface area contributed by atoms with E-state index >= 15 is 0 Å². The first-order valence-corrected chi connectivity index (χ1v) is 6.40. The summed E-state index contributed by atoms with van der Waals surface area (Å²) in [4.78, 5) is 1.09. The lowest BCUT2D eigenvalue weighted by molar-refractivity contribution is 0.592. The zero-order valence-corrected chi connectivity index (χ0v) is 10.5. The number of hydrogen-bond donors (Lipinski definition) is 2. The number of H-pyrrole nitrogens is 1. The number of rotatable bonds is 5. The van der Waals surface area contributed by atoms with Crippen LogP contribution in [0.3, 0.4) is 0 Å². The van der Waals surface area contributed by atoms with Gasteiger partial charge < -0.3 is 5.32 Å². The van der Waals surface area contributed by atoms with Crippen LogP contribution < -0.4 is 5.32 Å². The van der Waals surface area contributed by atoms with E-state index in [0.717, 1.165) is 28.6 Å². The van der Waals surface area contributed by atoms with Crippen LogP contribution in [0.2, 0.25) is 5.02 Å². The zero-order chi connectivity index (χ0) is 11.4. The maximum absolute atomic E-state index is 6.14. The van der Waals surface area contributed by atoms with Crippen molar-refractivity contribution in [3.05, 3.63) is 33.2 Å². The summed E-state index contributed by atoms with van der Waals surface area (Å²) in [6.45, 7) is 3.05. The molecule has 0 saturated heterocycles. The first-order valence-electron chi connectivity index (χ1n) is 5.15. The predicted octanol–water partition coefficient (Wildman–Crippen LogP) is 2.61. The summed E-state index contributed by atoms with van der Waals surface area (Å²) in [5, 5.41) is 16.8. The molecule has 0 amide bonds. The Labute approximate surface area is 103 Å². The van der Waals surface area contributed by atoms with E-state index in [0.29, 0.717) is 0 Å². The summed E-state index contributed by atoms with van der Waals surface area (Å²) in [6.07, 6.45) is 2.79. The number of nitrogens with zero attached hydrogens (tertiary/aromatic N) is 2. The van der Waals surface area contributed by atoms with Crippen LogP contribution in [0, 0.1) is 0 Å². The van der Waals surface area contributed by atoms with Crippen LogP contribution in [0.1, 0.15) is 30.0 Å². The molecule has 1 atom stereocenters. The zero-order valence-electron chi connectivity index (χ0n) is 8.90. The number of thiophene rings is 1. The largest absolute Gasteiger partial charge is 0.304 e. The highest BCUT2D eigenvalue weighted by Crippen LogP contribution is 2.31. The van der Waals surface area contributed by atoms with E-state index in [2.05, 4.69) is 27.7 Å². The van der Waals surface area contributed by atoms with Gasteiger partial charge in [0, 0.05) is 4.88 Å². The van der Waals surface area contributed by atoms with Crippen molar-refractivity contribution < 1.29 is 0 Å². The van der Waals surface area contributed by atoms with Crippen LogP contribution >= 0.6 is 22.9 Å². The summed E-state index contributed by atoms with van der Waals surface area (Å²) < 4.78 is 0. The minimum absolute atomic E-state index is 0.0335. The normalized spacial score (nSPS) is 12.9. The van der Waals surface area contributed by atoms with E-state index < -0.39 is 0 Å². The molecular weight excluding hydrogens is 244 g/mol. The Balaban J connectivity index is 2.25. The molecule has 0 radical (unpaired) electrons. The first-order chi connectivity index (χ1) is 7.83. The fraction of sp³-hybridized carbons (Fsp3) is 0.400. The molecule has 16 heavy (non-hydrogen) atoms. The van der Waals surface area contributed by atoms with Gasteiger partial charge in [0.1, 0.15) is 5.69 Å². The number of aromatic nitrogens is 3. The third kappa shape index (κ3) is 2.42. The minimum Gasteiger partial charge on any atom is -0.304 e. The molecule has 2 rings (SSSR count). The van der Waals surface area contributed by atoms with Crippen molar-refractivity contribution in [1.82, 2.24) is 20.7 Å². The predicted molar refractivity (Wildman–Crippen MR) is 65.8 cm³/mol. The smallest absolute Gasteiger partial charge is 0.105 e. The van der Waals surface area contributed by atoms with Crippen LogP contribution in [-0.2, 0) is 0 Å². The standard InChI is InChI=1S/C10H13ClN4S/c1-2-4-12-9(8-6-13-15-14-8)10-7(11)3-5-16-10/h3,5-6,9,12H,2,4H2,1H3,(H,13,14,15). The van der Waals surface area contributed by atoms with Crippen LogP contribution in [0.15, 0.2) is 17.6 Å². The quantitative estimate of drug-likeness (QED) is 0.865. The highest BCUT2D eigenvalue weighted by molar-refractivity contribution is 7.10. The Morgan fingerprint density at radius 1 is 1.62 bits per heavy atom. The van der Waals surface area contributed by atoms with E-state index in [4.69, 9.17) is 11.6 Å². The van der Waals surface area contributed by atoms with Crippen molar-refractivity contribution in [2.24, 2.45) is 0 Å². The Hall–Kier alpha value is -0.910. The topological polar surface area (TPSA) is 53.6 Å². The fourth-order valence-corrected chi connectivity index (χ4v) is 2.73. The summed E-state index contributed by atoms with van der Waals surface area (Å²) in [6, 6.07) is 1.94. The Morgan fingerprint density at radius 3 is 3.06 bits per heavy atom. The van der Waals surface area contributed by atoms with Gasteiger partial charge in [0.15, 0.2) is 0 Å². The van der Waals surface area contributed by atoms with Crippen molar-refractivity contribution in [2.45, 2.75) is 19.4 Å². The molecule has 0 aliphatic heterocycles. The maximum atomic E-state index is 6.14. The van der Waals surface area contributed by atoms with E-state index in [1.165, 1.54) is 0 Å². The van der Waals surface area contributed by atoms with Gasteiger partial charge in [0.25, 0.3) is 0 Å². The molecule has 0 bridgehead atoms. The molecule has 4 nitrogen and oxygen atoms in total. The molecule has 2 N–H and O–H groups in total. The Morgan fingerprint density at radius 2 is 2.50 bits per heavy atom. The fourth-order valence-electron chi connectivity index (χ4n) is 1.48. The third-order valence-electron chi connectivity index (χ3n) is 2.23. The molecule has 2 heterocycles. The molecule has 0 aromatic carbocycles. The molecule has 0 spiro atoms. The number of halogens is 1. The Kier molecular flexibility index (Phi) is 3.93. The van der Waals surface area contributed by atoms with Gasteiger partial charge in [0.05, 0.1) is 17.3 Å². The van der Waals surface area contributed by atoms with Crippen LogP contribution in [0.4, 0.5) is 0 Å². The molecule has 0 aliphatic rings. The van der Waals surface area contributed by atoms with Gasteiger partial charge in [-0.1, -0.05) is 18.5 Å². The lowest BCUT2D eigenvalue weighted by Gasteiger charge is -2.14. The van der Waals surface area contributed by atoms with Gasteiger partial charge in [-0.2, -0.15) is 15.4 Å². The van der Waals surface area contributed by atoms with Gasteiger partial charge in [-0.3, -0.25) is 0 Å². The SMILES string of the molecule is CCCNC(c1cn[nH]n1)c1sccc1Cl. The first kappa shape index (κ1) is 11.6. The average molecular weight is 257 g/mol. The molecule has 0 saturated carbocycles. The van der Waals surface area contributed by atoms with Gasteiger partial charge in [0.2, 0.25) is 0 Å². The van der Waals surface area contributed by atoms with Gasteiger partial charge in [-0.05, 0) is 24.4 Å². The summed E-state index contributed by atoms with van der Waals surface area (Å²) >= 11 is 7.77. The lowest BCUT2D eigenvalue weighted by atomic mass is 10.2. The van der Waals surface area contributed by atoms with Crippen LogP contribution in [0.25, 0.3) is 0 Å². The molecular formula is C10H13ClN4S. The monoisotopic (exact) mass is 256 g/mol. The summed E-state index contributed by atoms with van der Waals surface area (Å²) in [7, 11) is 0. The van der Waals surface area contributed by atoms with Crippen LogP contribution in [0.5, 0.6) is 0 Å². The summed E-state index contributed by atoms with van der Waals surface area (Å²) in [5.74, 6) is 0. The molecule has 2 aromatic rings. The number of aromatic amines is 1. The molecule has 1 unspecified atom stereocenters. The van der Waals surface area contributed by atoms with E-state index in [1.807, 2.05) is 11.4 Å². The van der Waals surface area contributed by atoms with Gasteiger partial charge in [-0.25, -0.2) is 0 Å². The number of nitrogens with one attached hydrogen (secondary N) is 2. The van der Waals surface area contributed by atoms with E-state index in [9.17, 15) is 0 Å². The van der Waals surface area contributed by atoms with Crippen molar-refractivity contribution >= 4 is 22.9 Å². The molecule has 0 fully saturated rings. The third-order valence-corrected chi connectivity index (χ3v) is 3.66. The van der Waals surface area contributed by atoms with E-state index in [-0.39, 0.29) is 6.04 Å². The molecule has 86 valence electrons. The van der Waals surface area contributed by atoms with Crippen molar-refractivity contribution in [3.63, 3.8) is 0 Å². The maximum Gasteiger partial charge on any atom is 0.105 e. The molecule has 2 aromatic heterocycles. The van der Waals surface area contributed by atoms with E-state index in [1.54, 1.807) is 17.5 Å². The van der Waals surface area contributed by atoms with Gasteiger partial charge in [-0.15, -0.1) is 11.3 Å². The highest BCUT2D eigenvalue weighted by atomic mass is 35.5. The van der Waals surface area contributed by atoms with Crippen molar-refractivity contribution in [3.8, 4) is 0 Å². The minimum atomic E-state index is 0.0335. The number of hydrogen-bond acceptors (Lipinski definition) is 4. The summed E-state index contributed by atoms with van der Waals surface area (Å²) in [5.41, 5.74) is 0.873. The highest BCUT2D eigenvalue weighted by Gasteiger charge is 2.19. The lowest BCUT2D eigenvalue weighted by Crippen LogP contribution is -2.23. The second-order valence-corrected chi connectivity index (χ2v) is 4.77.